The minimum atomic E-state index is -0.153. The molecule has 0 saturated carbocycles. The van der Waals surface area contributed by atoms with Gasteiger partial charge in [0, 0.05) is 18.8 Å². The number of nitrogens with one attached hydrogen (secondary N) is 1. The second-order valence-electron chi connectivity index (χ2n) is 4.76. The molecule has 0 aliphatic heterocycles. The Morgan fingerprint density at radius 2 is 1.95 bits per heavy atom. The molecule has 0 spiro atoms. The van der Waals surface area contributed by atoms with Crippen LogP contribution in [0.5, 0.6) is 0 Å². The van der Waals surface area contributed by atoms with Crippen LogP contribution in [0.15, 0.2) is 48.7 Å². The standard InChI is InChI=1S/C17H17ClN2O2/c18-16-11-14(8-9-19-16)5-6-17(22)20-10-7-13-1-3-15(12-21)4-2-13/h1-6,8-9,11,21H,7,10,12H2,(H,20,22)/b6-5+. The van der Waals surface area contributed by atoms with Gasteiger partial charge in [0.25, 0.3) is 0 Å². The molecule has 5 heteroatoms. The second kappa shape index (κ2) is 8.32. The average Bonchev–Trinajstić information content (AvgIpc) is 2.54. The first-order valence-electron chi connectivity index (χ1n) is 6.93. The number of carbonyl (C=O) groups is 1. The molecule has 1 aromatic carbocycles. The van der Waals surface area contributed by atoms with Crippen molar-refractivity contribution in [3.63, 3.8) is 0 Å². The number of hydrogen-bond acceptors (Lipinski definition) is 3. The molecule has 2 rings (SSSR count). The van der Waals surface area contributed by atoms with Crippen molar-refractivity contribution in [3.8, 4) is 0 Å². The molecule has 1 aromatic heterocycles. The molecule has 1 amide bonds. The lowest BCUT2D eigenvalue weighted by Gasteiger charge is -2.04. The number of aliphatic hydroxyl groups is 1. The largest absolute Gasteiger partial charge is 0.392 e. The van der Waals surface area contributed by atoms with Crippen molar-refractivity contribution in [3.05, 3.63) is 70.5 Å². The zero-order valence-electron chi connectivity index (χ0n) is 12.0. The number of halogens is 1. The van der Waals surface area contributed by atoms with Gasteiger partial charge in [-0.1, -0.05) is 35.9 Å². The SMILES string of the molecule is O=C(/C=C/c1ccnc(Cl)c1)NCCc1ccc(CO)cc1. The summed E-state index contributed by atoms with van der Waals surface area (Å²) in [7, 11) is 0. The van der Waals surface area contributed by atoms with Gasteiger partial charge in [-0.25, -0.2) is 4.98 Å². The first kappa shape index (κ1) is 16.2. The molecule has 0 unspecified atom stereocenters. The third kappa shape index (κ3) is 5.31. The molecule has 0 saturated heterocycles. The smallest absolute Gasteiger partial charge is 0.244 e. The lowest BCUT2D eigenvalue weighted by molar-refractivity contribution is -0.116. The number of pyridine rings is 1. The van der Waals surface area contributed by atoms with E-state index in [2.05, 4.69) is 10.3 Å². The number of benzene rings is 1. The van der Waals surface area contributed by atoms with Gasteiger partial charge in [-0.2, -0.15) is 0 Å². The van der Waals surface area contributed by atoms with Gasteiger partial charge < -0.3 is 10.4 Å². The predicted octanol–water partition coefficient (Wildman–Crippen LogP) is 2.60. The Kier molecular flexibility index (Phi) is 6.13. The van der Waals surface area contributed by atoms with Crippen LogP contribution in [0.1, 0.15) is 16.7 Å². The highest BCUT2D eigenvalue weighted by Crippen LogP contribution is 2.08. The maximum atomic E-state index is 11.7. The van der Waals surface area contributed by atoms with Crippen LogP contribution < -0.4 is 5.32 Å². The number of carbonyl (C=O) groups excluding carboxylic acids is 1. The number of nitrogens with zero attached hydrogens (tertiary/aromatic N) is 1. The number of amides is 1. The predicted molar refractivity (Wildman–Crippen MR) is 87.4 cm³/mol. The van der Waals surface area contributed by atoms with E-state index in [1.54, 1.807) is 24.4 Å². The summed E-state index contributed by atoms with van der Waals surface area (Å²) in [6.45, 7) is 0.597. The van der Waals surface area contributed by atoms with Gasteiger partial charge in [0.2, 0.25) is 5.91 Å². The third-order valence-electron chi connectivity index (χ3n) is 3.10. The Morgan fingerprint density at radius 3 is 2.64 bits per heavy atom. The number of hydrogen-bond donors (Lipinski definition) is 2. The molecule has 1 heterocycles. The molecule has 114 valence electrons. The minimum Gasteiger partial charge on any atom is -0.392 e. The Labute approximate surface area is 134 Å². The quantitative estimate of drug-likeness (QED) is 0.636. The lowest BCUT2D eigenvalue weighted by Crippen LogP contribution is -2.23. The van der Waals surface area contributed by atoms with Crippen molar-refractivity contribution in [2.24, 2.45) is 0 Å². The van der Waals surface area contributed by atoms with Crippen molar-refractivity contribution in [2.75, 3.05) is 6.54 Å². The van der Waals surface area contributed by atoms with E-state index in [1.165, 1.54) is 6.08 Å². The monoisotopic (exact) mass is 316 g/mol. The number of rotatable bonds is 6. The van der Waals surface area contributed by atoms with E-state index < -0.39 is 0 Å². The van der Waals surface area contributed by atoms with Gasteiger partial charge >= 0.3 is 0 Å². The van der Waals surface area contributed by atoms with E-state index in [0.29, 0.717) is 11.7 Å². The molecule has 4 nitrogen and oxygen atoms in total. The van der Waals surface area contributed by atoms with Crippen LogP contribution in [0, 0.1) is 0 Å². The molecule has 0 atom stereocenters. The zero-order chi connectivity index (χ0) is 15.8. The van der Waals surface area contributed by atoms with Crippen molar-refractivity contribution in [1.29, 1.82) is 0 Å². The average molecular weight is 317 g/mol. The van der Waals surface area contributed by atoms with Crippen LogP contribution in [-0.4, -0.2) is 22.5 Å². The maximum absolute atomic E-state index is 11.7. The van der Waals surface area contributed by atoms with Gasteiger partial charge in [0.05, 0.1) is 6.61 Å². The van der Waals surface area contributed by atoms with Gasteiger partial charge in [0.1, 0.15) is 5.15 Å². The van der Waals surface area contributed by atoms with E-state index in [1.807, 2.05) is 24.3 Å². The summed E-state index contributed by atoms with van der Waals surface area (Å²) in [5.74, 6) is -0.153. The summed E-state index contributed by atoms with van der Waals surface area (Å²) in [6, 6.07) is 11.1. The summed E-state index contributed by atoms with van der Waals surface area (Å²) in [5, 5.41) is 12.2. The summed E-state index contributed by atoms with van der Waals surface area (Å²) < 4.78 is 0. The molecule has 0 radical (unpaired) electrons. The lowest BCUT2D eigenvalue weighted by atomic mass is 10.1. The van der Waals surface area contributed by atoms with Gasteiger partial charge in [-0.3, -0.25) is 4.79 Å². The third-order valence-corrected chi connectivity index (χ3v) is 3.30. The normalized spacial score (nSPS) is 10.8. The molecule has 0 aliphatic rings. The highest BCUT2D eigenvalue weighted by Gasteiger charge is 1.98. The molecule has 0 bridgehead atoms. The molecular formula is C17H17ClN2O2. The van der Waals surface area contributed by atoms with Crippen LogP contribution in [0.4, 0.5) is 0 Å². The molecule has 0 fully saturated rings. The van der Waals surface area contributed by atoms with Gasteiger partial charge in [0.15, 0.2) is 0 Å². The Morgan fingerprint density at radius 1 is 1.23 bits per heavy atom. The molecule has 0 aliphatic carbocycles. The maximum Gasteiger partial charge on any atom is 0.244 e. The van der Waals surface area contributed by atoms with E-state index >= 15 is 0 Å². The van der Waals surface area contributed by atoms with Gasteiger partial charge in [-0.15, -0.1) is 0 Å². The van der Waals surface area contributed by atoms with E-state index in [4.69, 9.17) is 16.7 Å². The number of aliphatic hydroxyl groups excluding tert-OH is 1. The second-order valence-corrected chi connectivity index (χ2v) is 5.15. The molecule has 2 aromatic rings. The fraction of sp³-hybridized carbons (Fsp3) is 0.176. The first-order chi connectivity index (χ1) is 10.7. The molecule has 22 heavy (non-hydrogen) atoms. The number of aromatic nitrogens is 1. The van der Waals surface area contributed by atoms with Crippen LogP contribution in [0.3, 0.4) is 0 Å². The van der Waals surface area contributed by atoms with Crippen LogP contribution in [0.2, 0.25) is 5.15 Å². The van der Waals surface area contributed by atoms with Gasteiger partial charge in [-0.05, 0) is 41.3 Å². The van der Waals surface area contributed by atoms with E-state index in [-0.39, 0.29) is 12.5 Å². The highest BCUT2D eigenvalue weighted by molar-refractivity contribution is 6.29. The summed E-state index contributed by atoms with van der Waals surface area (Å²) >= 11 is 5.77. The highest BCUT2D eigenvalue weighted by atomic mass is 35.5. The fourth-order valence-corrected chi connectivity index (χ4v) is 2.08. The molecule has 2 N–H and O–H groups in total. The molecular weight excluding hydrogens is 300 g/mol. The van der Waals surface area contributed by atoms with Crippen molar-refractivity contribution in [2.45, 2.75) is 13.0 Å². The van der Waals surface area contributed by atoms with Crippen molar-refractivity contribution >= 4 is 23.6 Å². The minimum absolute atomic E-state index is 0.0425. The zero-order valence-corrected chi connectivity index (χ0v) is 12.8. The van der Waals surface area contributed by atoms with Crippen molar-refractivity contribution in [1.82, 2.24) is 10.3 Å². The van der Waals surface area contributed by atoms with Crippen LogP contribution >= 0.6 is 11.6 Å². The topological polar surface area (TPSA) is 62.2 Å². The summed E-state index contributed by atoms with van der Waals surface area (Å²) in [5.41, 5.74) is 2.82. The Hall–Kier alpha value is -2.17. The van der Waals surface area contributed by atoms with Crippen LogP contribution in [-0.2, 0) is 17.8 Å². The van der Waals surface area contributed by atoms with E-state index in [0.717, 1.165) is 23.1 Å². The Bertz CT molecular complexity index is 654. The fourth-order valence-electron chi connectivity index (χ4n) is 1.89. The van der Waals surface area contributed by atoms with E-state index in [9.17, 15) is 4.79 Å². The van der Waals surface area contributed by atoms with Crippen molar-refractivity contribution < 1.29 is 9.90 Å². The Balaban J connectivity index is 1.77. The first-order valence-corrected chi connectivity index (χ1v) is 7.31. The van der Waals surface area contributed by atoms with Crippen LogP contribution in [0.25, 0.3) is 6.08 Å². The summed E-state index contributed by atoms with van der Waals surface area (Å²) in [6.07, 6.45) is 5.50. The summed E-state index contributed by atoms with van der Waals surface area (Å²) in [4.78, 5) is 15.6.